The smallest absolute Gasteiger partial charge is 0.243 e. The maximum absolute atomic E-state index is 13.6. The molecule has 4 rings (SSSR count). The molecule has 0 fully saturated rings. The molecule has 1 aliphatic heterocycles. The summed E-state index contributed by atoms with van der Waals surface area (Å²) in [4.78, 5) is 3.59. The first-order chi connectivity index (χ1) is 11.9. The van der Waals surface area contributed by atoms with E-state index in [0.29, 0.717) is 17.9 Å². The Labute approximate surface area is 146 Å². The van der Waals surface area contributed by atoms with Crippen molar-refractivity contribution >= 4 is 20.9 Å². The van der Waals surface area contributed by atoms with Crippen LogP contribution in [-0.4, -0.2) is 24.3 Å². The van der Waals surface area contributed by atoms with Crippen molar-refractivity contribution in [2.75, 3.05) is 6.54 Å². The van der Waals surface area contributed by atoms with Gasteiger partial charge in [-0.1, -0.05) is 6.07 Å². The molecular formula is C19H19FN2O2S. The van der Waals surface area contributed by atoms with Gasteiger partial charge in [-0.25, -0.2) is 12.8 Å². The Morgan fingerprint density at radius 2 is 1.88 bits per heavy atom. The number of sulfonamides is 1. The van der Waals surface area contributed by atoms with E-state index in [4.69, 9.17) is 0 Å². The summed E-state index contributed by atoms with van der Waals surface area (Å²) in [6, 6.07) is 9.78. The first-order valence-corrected chi connectivity index (χ1v) is 9.66. The molecule has 3 aromatic rings. The number of halogens is 1. The Bertz CT molecular complexity index is 1090. The van der Waals surface area contributed by atoms with Gasteiger partial charge in [-0.2, -0.15) is 4.31 Å². The largest absolute Gasteiger partial charge is 0.358 e. The fourth-order valence-electron chi connectivity index (χ4n) is 3.39. The molecule has 0 saturated carbocycles. The molecule has 130 valence electrons. The van der Waals surface area contributed by atoms with Gasteiger partial charge in [-0.05, 0) is 60.9 Å². The second-order valence-electron chi connectivity index (χ2n) is 6.61. The van der Waals surface area contributed by atoms with Gasteiger partial charge in [0.15, 0.2) is 0 Å². The Morgan fingerprint density at radius 3 is 2.64 bits per heavy atom. The van der Waals surface area contributed by atoms with Crippen LogP contribution in [0.1, 0.15) is 22.4 Å². The molecule has 4 nitrogen and oxygen atoms in total. The van der Waals surface area contributed by atoms with Crippen LogP contribution in [0.2, 0.25) is 0 Å². The predicted molar refractivity (Wildman–Crippen MR) is 95.5 cm³/mol. The molecule has 1 aliphatic rings. The lowest BCUT2D eigenvalue weighted by Gasteiger charge is -2.26. The zero-order chi connectivity index (χ0) is 17.8. The fraction of sp³-hybridized carbons (Fsp3) is 0.263. The van der Waals surface area contributed by atoms with Crippen LogP contribution in [0.25, 0.3) is 10.9 Å². The van der Waals surface area contributed by atoms with Gasteiger partial charge in [-0.3, -0.25) is 0 Å². The highest BCUT2D eigenvalue weighted by Crippen LogP contribution is 2.31. The first kappa shape index (κ1) is 16.3. The van der Waals surface area contributed by atoms with Crippen LogP contribution in [0, 0.1) is 19.7 Å². The van der Waals surface area contributed by atoms with Crippen LogP contribution in [-0.2, 0) is 23.0 Å². The van der Waals surface area contributed by atoms with Crippen LogP contribution in [0.5, 0.6) is 0 Å². The minimum absolute atomic E-state index is 0.258. The average molecular weight is 358 g/mol. The molecule has 0 atom stereocenters. The summed E-state index contributed by atoms with van der Waals surface area (Å²) in [5.41, 5.74) is 4.72. The number of H-pyrrole nitrogens is 1. The van der Waals surface area contributed by atoms with Crippen LogP contribution in [0.15, 0.2) is 41.3 Å². The number of nitrogens with one attached hydrogen (secondary N) is 1. The summed E-state index contributed by atoms with van der Waals surface area (Å²) in [5.74, 6) is -0.316. The number of aryl methyl sites for hydroxylation is 2. The van der Waals surface area contributed by atoms with Gasteiger partial charge in [0.05, 0.1) is 4.90 Å². The molecule has 0 bridgehead atoms. The molecule has 0 amide bonds. The molecule has 6 heteroatoms. The normalized spacial score (nSPS) is 15.5. The summed E-state index contributed by atoms with van der Waals surface area (Å²) in [6.07, 6.45) is 0.593. The van der Waals surface area contributed by atoms with E-state index in [1.54, 1.807) is 18.2 Å². The number of benzene rings is 2. The molecule has 0 aliphatic carbocycles. The van der Waals surface area contributed by atoms with Gasteiger partial charge in [0.1, 0.15) is 5.82 Å². The van der Waals surface area contributed by atoms with Gasteiger partial charge in [0.2, 0.25) is 10.0 Å². The molecule has 2 aromatic carbocycles. The van der Waals surface area contributed by atoms with Crippen molar-refractivity contribution in [3.8, 4) is 0 Å². The zero-order valence-corrected chi connectivity index (χ0v) is 15.0. The molecular weight excluding hydrogens is 339 g/mol. The summed E-state index contributed by atoms with van der Waals surface area (Å²) in [6.45, 7) is 4.54. The van der Waals surface area contributed by atoms with E-state index in [0.717, 1.165) is 33.3 Å². The molecule has 0 radical (unpaired) electrons. The Hall–Kier alpha value is -2.18. The molecule has 2 heterocycles. The van der Waals surface area contributed by atoms with E-state index >= 15 is 0 Å². The number of hydrogen-bond donors (Lipinski definition) is 1. The van der Waals surface area contributed by atoms with Crippen LogP contribution < -0.4 is 0 Å². The fourth-order valence-corrected chi connectivity index (χ4v) is 4.88. The van der Waals surface area contributed by atoms with E-state index in [1.807, 2.05) is 19.9 Å². The number of hydrogen-bond acceptors (Lipinski definition) is 2. The van der Waals surface area contributed by atoms with Gasteiger partial charge in [0, 0.05) is 36.1 Å². The van der Waals surface area contributed by atoms with Crippen molar-refractivity contribution in [1.82, 2.24) is 9.29 Å². The van der Waals surface area contributed by atoms with Crippen molar-refractivity contribution in [3.05, 3.63) is 64.6 Å². The highest BCUT2D eigenvalue weighted by atomic mass is 32.2. The van der Waals surface area contributed by atoms with E-state index < -0.39 is 10.0 Å². The third-order valence-corrected chi connectivity index (χ3v) is 6.86. The van der Waals surface area contributed by atoms with E-state index in [2.05, 4.69) is 4.98 Å². The lowest BCUT2D eigenvalue weighted by atomic mass is 10.1. The van der Waals surface area contributed by atoms with Gasteiger partial charge >= 0.3 is 0 Å². The second-order valence-corrected chi connectivity index (χ2v) is 8.54. The van der Waals surface area contributed by atoms with E-state index in [-0.39, 0.29) is 12.4 Å². The van der Waals surface area contributed by atoms with Crippen molar-refractivity contribution in [3.63, 3.8) is 0 Å². The van der Waals surface area contributed by atoms with Crippen molar-refractivity contribution < 1.29 is 12.8 Å². The van der Waals surface area contributed by atoms with E-state index in [1.165, 1.54) is 16.4 Å². The summed E-state index contributed by atoms with van der Waals surface area (Å²) >= 11 is 0. The number of aromatic amines is 1. The average Bonchev–Trinajstić information content (AvgIpc) is 2.94. The van der Waals surface area contributed by atoms with Crippen molar-refractivity contribution in [1.29, 1.82) is 0 Å². The maximum Gasteiger partial charge on any atom is 0.243 e. The number of nitrogens with zero attached hydrogens (tertiary/aromatic N) is 1. The molecule has 0 unspecified atom stereocenters. The Morgan fingerprint density at radius 1 is 1.08 bits per heavy atom. The number of fused-ring (bicyclic) bond motifs is 3. The first-order valence-electron chi connectivity index (χ1n) is 8.22. The highest BCUT2D eigenvalue weighted by Gasteiger charge is 2.30. The van der Waals surface area contributed by atoms with Crippen molar-refractivity contribution in [2.24, 2.45) is 0 Å². The van der Waals surface area contributed by atoms with Gasteiger partial charge < -0.3 is 4.98 Å². The SMILES string of the molecule is Cc1ccc(S(=O)(=O)N2CCc3[nH]c4ccc(F)cc4c3C2)cc1C. The number of aromatic nitrogens is 1. The summed E-state index contributed by atoms with van der Waals surface area (Å²) < 4.78 is 41.2. The Kier molecular flexibility index (Phi) is 3.70. The standard InChI is InChI=1S/C19H19FN2O2S/c1-12-3-5-15(9-13(12)2)25(23,24)22-8-7-19-17(11-22)16-10-14(20)4-6-18(16)21-19/h3-6,9-10,21H,7-8,11H2,1-2H3. The molecule has 1 N–H and O–H groups in total. The van der Waals surface area contributed by atoms with Crippen LogP contribution in [0.3, 0.4) is 0 Å². The maximum atomic E-state index is 13.6. The summed E-state index contributed by atoms with van der Waals surface area (Å²) in [7, 11) is -3.57. The molecule has 1 aromatic heterocycles. The monoisotopic (exact) mass is 358 g/mol. The topological polar surface area (TPSA) is 53.2 Å². The lowest BCUT2D eigenvalue weighted by molar-refractivity contribution is 0.391. The van der Waals surface area contributed by atoms with Gasteiger partial charge in [-0.15, -0.1) is 0 Å². The van der Waals surface area contributed by atoms with Gasteiger partial charge in [0.25, 0.3) is 0 Å². The highest BCUT2D eigenvalue weighted by molar-refractivity contribution is 7.89. The minimum atomic E-state index is -3.57. The molecule has 25 heavy (non-hydrogen) atoms. The van der Waals surface area contributed by atoms with E-state index in [9.17, 15) is 12.8 Å². The zero-order valence-electron chi connectivity index (χ0n) is 14.1. The lowest BCUT2D eigenvalue weighted by Crippen LogP contribution is -2.35. The molecule has 0 saturated heterocycles. The molecule has 0 spiro atoms. The van der Waals surface area contributed by atoms with Crippen molar-refractivity contribution in [2.45, 2.75) is 31.7 Å². The predicted octanol–water partition coefficient (Wildman–Crippen LogP) is 3.67. The quantitative estimate of drug-likeness (QED) is 0.760. The van der Waals surface area contributed by atoms with Crippen LogP contribution >= 0.6 is 0 Å². The summed E-state index contributed by atoms with van der Waals surface area (Å²) in [5, 5.41) is 0.759. The number of rotatable bonds is 2. The Balaban J connectivity index is 1.75. The second kappa shape index (κ2) is 5.68. The third-order valence-electron chi connectivity index (χ3n) is 5.02. The minimum Gasteiger partial charge on any atom is -0.358 e. The third kappa shape index (κ3) is 2.65. The van der Waals surface area contributed by atoms with Crippen LogP contribution in [0.4, 0.5) is 4.39 Å².